The molecule has 4 heterocycles. The number of piperidine rings is 1. The summed E-state index contributed by atoms with van der Waals surface area (Å²) in [6, 6.07) is 26.3. The molecule has 0 aliphatic carbocycles. The smallest absolute Gasteiger partial charge is 0.255 e. The van der Waals surface area contributed by atoms with Crippen LogP contribution in [0, 0.1) is 5.82 Å². The first-order valence-corrected chi connectivity index (χ1v) is 34.5. The number of benzene rings is 4. The minimum atomic E-state index is -1.82. The number of ether oxygens (including phenoxy) is 1. The normalized spacial score (nSPS) is 15.3. The standard InChI is InChI=1S/C16H23ClN2O.C15H22FNO.C14H19ClN2O.C12H16ClNO.C9H13NOS.C2H6O2S/c1-4-18-7-9-19(10-8-18)16(20)14-6-5-13(12(2)3)11-15(14)17;1-11(2)12-4-5-15(14(16)10-12)18-13-6-8-17(3)9-7-13;1-10(2)11-3-4-12(13(15)9-11)14(18)17-7-5-16-6-8-17;1-8(2)9-5-6-10(11(13)7-9)12(15)14(3)4;1-7(2)8-4-5-9(10-6-8)12(3)11;1-2-5(3)4/h5-6,11-12H,4,7-10H2,1-3H3;4-5,10-11,13H,6-9H2,1-3H3;3-4,9-10,16H,5-8H2,1-2H3;5-8H,1-4H3;4-7H,1-3H3;2H2,1H3,(H,3,4)/p-1. The molecule has 4 aromatic carbocycles. The maximum absolute atomic E-state index is 13.9. The second-order valence-electron chi connectivity index (χ2n) is 23.7. The summed E-state index contributed by atoms with van der Waals surface area (Å²) in [6.45, 7) is 34.5. The third-order valence-electron chi connectivity index (χ3n) is 15.1. The van der Waals surface area contributed by atoms with Crippen LogP contribution in [0.5, 0.6) is 5.75 Å². The zero-order chi connectivity index (χ0) is 65.9. The molecule has 3 amide bonds. The van der Waals surface area contributed by atoms with Gasteiger partial charge in [-0.05, 0) is 138 Å². The minimum Gasteiger partial charge on any atom is -0.772 e. The lowest BCUT2D eigenvalue weighted by atomic mass is 10.0. The van der Waals surface area contributed by atoms with Crippen LogP contribution in [0.25, 0.3) is 0 Å². The molecule has 1 aromatic heterocycles. The van der Waals surface area contributed by atoms with Crippen LogP contribution in [0.1, 0.15) is 184 Å². The van der Waals surface area contributed by atoms with Gasteiger partial charge in [0.2, 0.25) is 0 Å². The molecule has 8 rings (SSSR count). The highest BCUT2D eigenvalue weighted by atomic mass is 35.5. The fourth-order valence-corrected chi connectivity index (χ4v) is 10.3. The van der Waals surface area contributed by atoms with Crippen LogP contribution in [0.4, 0.5) is 4.39 Å². The molecule has 14 nitrogen and oxygen atoms in total. The Labute approximate surface area is 546 Å². The zero-order valence-electron chi connectivity index (χ0n) is 54.9. The Morgan fingerprint density at radius 3 is 1.38 bits per heavy atom. The molecule has 0 radical (unpaired) electrons. The molecule has 0 spiro atoms. The van der Waals surface area contributed by atoms with Crippen LogP contribution < -0.4 is 10.1 Å². The molecule has 20 heteroatoms. The highest BCUT2D eigenvalue weighted by Gasteiger charge is 2.25. The summed E-state index contributed by atoms with van der Waals surface area (Å²) in [6.07, 6.45) is 5.53. The van der Waals surface area contributed by atoms with E-state index in [-0.39, 0.29) is 35.4 Å². The van der Waals surface area contributed by atoms with Gasteiger partial charge in [0.15, 0.2) is 11.6 Å². The monoisotopic (exact) mass is 1310 g/mol. The van der Waals surface area contributed by atoms with E-state index in [4.69, 9.17) is 39.5 Å². The molecule has 88 heavy (non-hydrogen) atoms. The van der Waals surface area contributed by atoms with E-state index in [0.717, 1.165) is 102 Å². The van der Waals surface area contributed by atoms with Gasteiger partial charge in [0.05, 0.1) is 42.6 Å². The second-order valence-corrected chi connectivity index (χ2v) is 27.5. The molecule has 488 valence electrons. The number of pyridine rings is 1. The fourth-order valence-electron chi connectivity index (χ4n) is 9.07. The molecule has 0 saturated carbocycles. The topological polar surface area (TPSA) is 159 Å². The Morgan fingerprint density at radius 1 is 0.625 bits per heavy atom. The first-order valence-electron chi connectivity index (χ1n) is 30.6. The summed E-state index contributed by atoms with van der Waals surface area (Å²) in [4.78, 5) is 50.5. The molecule has 2 unspecified atom stereocenters. The van der Waals surface area contributed by atoms with Crippen molar-refractivity contribution in [1.29, 1.82) is 0 Å². The lowest BCUT2D eigenvalue weighted by molar-refractivity contribution is 0.0642. The van der Waals surface area contributed by atoms with Crippen molar-refractivity contribution in [2.45, 2.75) is 137 Å². The van der Waals surface area contributed by atoms with Gasteiger partial charge in [0.1, 0.15) is 11.1 Å². The van der Waals surface area contributed by atoms with Gasteiger partial charge in [-0.2, -0.15) is 0 Å². The number of nitrogens with one attached hydrogen (secondary N) is 1. The van der Waals surface area contributed by atoms with Crippen LogP contribution in [0.2, 0.25) is 15.1 Å². The van der Waals surface area contributed by atoms with E-state index in [9.17, 15) is 31.7 Å². The van der Waals surface area contributed by atoms with Gasteiger partial charge in [-0.15, -0.1) is 0 Å². The van der Waals surface area contributed by atoms with Gasteiger partial charge in [-0.3, -0.25) is 22.8 Å². The van der Waals surface area contributed by atoms with Crippen molar-refractivity contribution in [3.05, 3.63) is 157 Å². The summed E-state index contributed by atoms with van der Waals surface area (Å²) in [5.74, 6) is 2.51. The van der Waals surface area contributed by atoms with Gasteiger partial charge < -0.3 is 39.1 Å². The number of rotatable bonds is 13. The van der Waals surface area contributed by atoms with Crippen molar-refractivity contribution in [3.63, 3.8) is 0 Å². The van der Waals surface area contributed by atoms with E-state index in [1.165, 1.54) is 16.0 Å². The molecule has 5 aromatic rings. The van der Waals surface area contributed by atoms with Crippen LogP contribution in [0.3, 0.4) is 0 Å². The average Bonchev–Trinajstić information content (AvgIpc) is 3.70. The van der Waals surface area contributed by atoms with E-state index in [0.29, 0.717) is 72.1 Å². The van der Waals surface area contributed by atoms with Crippen LogP contribution in [0.15, 0.2) is 96.2 Å². The van der Waals surface area contributed by atoms with Crippen molar-refractivity contribution >= 4 is 74.4 Å². The Balaban J connectivity index is 0.000000284. The summed E-state index contributed by atoms with van der Waals surface area (Å²) >= 11 is 16.8. The third kappa shape index (κ3) is 26.2. The summed E-state index contributed by atoms with van der Waals surface area (Å²) in [5.41, 5.74) is 7.48. The van der Waals surface area contributed by atoms with Gasteiger partial charge in [0, 0.05) is 97.7 Å². The summed E-state index contributed by atoms with van der Waals surface area (Å²) in [5, 5.41) is 5.54. The first-order chi connectivity index (χ1) is 41.5. The molecular formula is C68H98Cl3FN7O7S2-. The molecule has 3 fully saturated rings. The van der Waals surface area contributed by atoms with Crippen LogP contribution >= 0.6 is 34.8 Å². The Bertz CT molecular complexity index is 3000. The van der Waals surface area contributed by atoms with Gasteiger partial charge in [-0.25, -0.2) is 9.37 Å². The number of likely N-dealkylation sites (tertiary alicyclic amines) is 1. The van der Waals surface area contributed by atoms with Crippen molar-refractivity contribution in [3.8, 4) is 5.75 Å². The first kappa shape index (κ1) is 77.4. The highest BCUT2D eigenvalue weighted by molar-refractivity contribution is 7.84. The predicted molar refractivity (Wildman–Crippen MR) is 363 cm³/mol. The van der Waals surface area contributed by atoms with Crippen LogP contribution in [-0.4, -0.2) is 171 Å². The molecular weight excluding hydrogens is 1220 g/mol. The van der Waals surface area contributed by atoms with E-state index >= 15 is 0 Å². The number of piperazine rings is 2. The highest BCUT2D eigenvalue weighted by Crippen LogP contribution is 2.29. The zero-order valence-corrected chi connectivity index (χ0v) is 58.8. The number of hydrogen-bond donors (Lipinski definition) is 1. The van der Waals surface area contributed by atoms with Gasteiger partial charge >= 0.3 is 0 Å². The van der Waals surface area contributed by atoms with E-state index in [1.807, 2.05) is 76.5 Å². The molecule has 3 aliphatic rings. The maximum atomic E-state index is 13.9. The molecule has 1 N–H and O–H groups in total. The second kappa shape index (κ2) is 39.4. The average molecular weight is 1320 g/mol. The largest absolute Gasteiger partial charge is 0.772 e. The van der Waals surface area contributed by atoms with Gasteiger partial charge in [0.25, 0.3) is 17.7 Å². The molecule has 0 bridgehead atoms. The number of carbonyl (C=O) groups is 3. The van der Waals surface area contributed by atoms with Crippen molar-refractivity contribution in [2.24, 2.45) is 0 Å². The Morgan fingerprint density at radius 2 is 1.02 bits per heavy atom. The van der Waals surface area contributed by atoms with Crippen LogP contribution in [-0.2, 0) is 21.9 Å². The predicted octanol–water partition coefficient (Wildman–Crippen LogP) is 14.2. The van der Waals surface area contributed by atoms with Gasteiger partial charge in [-0.1, -0.05) is 159 Å². The molecule has 3 saturated heterocycles. The maximum Gasteiger partial charge on any atom is 0.255 e. The number of carbonyl (C=O) groups excluding carboxylic acids is 3. The third-order valence-corrected chi connectivity index (χ3v) is 17.4. The molecule has 2 atom stereocenters. The lowest BCUT2D eigenvalue weighted by Gasteiger charge is -2.34. The van der Waals surface area contributed by atoms with Crippen molar-refractivity contribution in [1.82, 2.24) is 34.8 Å². The Kier molecular flexibility index (Phi) is 34.7. The minimum absolute atomic E-state index is 0.0387. The van der Waals surface area contributed by atoms with E-state index < -0.39 is 21.9 Å². The summed E-state index contributed by atoms with van der Waals surface area (Å²) in [7, 11) is 4.58. The number of aromatic nitrogens is 1. The van der Waals surface area contributed by atoms with E-state index in [1.54, 1.807) is 51.7 Å². The van der Waals surface area contributed by atoms with Crippen molar-refractivity contribution in [2.75, 3.05) is 105 Å². The fraction of sp³-hybridized carbons (Fsp3) is 0.529. The number of hydrogen-bond acceptors (Lipinski definition) is 11. The number of halogens is 4. The quantitative estimate of drug-likeness (QED) is 0.112. The number of amides is 3. The SMILES string of the molecule is CC(C)c1ccc(C(=O)N(C)C)c(Cl)c1.CC(C)c1ccc(C(=O)N2CCNCC2)c(Cl)c1.CC(C)c1ccc(OC2CCN(C)CC2)c(F)c1.CC(C)c1ccc(S(C)=O)nc1.CCN1CCN(C(=O)c2ccc(C(C)C)cc2Cl)CC1.CCS(=O)[O-]. The Hall–Kier alpha value is -4.82. The lowest BCUT2D eigenvalue weighted by Crippen LogP contribution is -2.48. The number of nitrogens with zero attached hydrogens (tertiary/aromatic N) is 6. The number of likely N-dealkylation sites (N-methyl/N-ethyl adjacent to an activating group) is 1. The van der Waals surface area contributed by atoms with Crippen molar-refractivity contribution < 1.29 is 36.5 Å². The molecule has 3 aliphatic heterocycles. The van der Waals surface area contributed by atoms with E-state index in [2.05, 4.69) is 103 Å². The summed E-state index contributed by atoms with van der Waals surface area (Å²) < 4.78 is 49.4.